The maximum absolute atomic E-state index is 14.5. The summed E-state index contributed by atoms with van der Waals surface area (Å²) < 4.78 is 62.6. The fraction of sp³-hybridized carbons (Fsp3) is 0.176. The van der Waals surface area contributed by atoms with Gasteiger partial charge in [0.05, 0.1) is 50.7 Å². The van der Waals surface area contributed by atoms with E-state index in [0.717, 1.165) is 26.6 Å². The van der Waals surface area contributed by atoms with Gasteiger partial charge in [-0.05, 0) is 66.1 Å². The molecule has 17 heteroatoms. The molecule has 1 atom stereocenters. The average Bonchev–Trinajstić information content (AvgIpc) is 3.41. The zero-order chi connectivity index (χ0) is 36.6. The van der Waals surface area contributed by atoms with Gasteiger partial charge in [-0.15, -0.1) is 0 Å². The molecule has 0 saturated carbocycles. The summed E-state index contributed by atoms with van der Waals surface area (Å²) in [5.41, 5.74) is 0.630. The van der Waals surface area contributed by atoms with Crippen molar-refractivity contribution in [3.8, 4) is 11.4 Å². The zero-order valence-electron chi connectivity index (χ0n) is 26.8. The van der Waals surface area contributed by atoms with Crippen LogP contribution >= 0.6 is 23.2 Å². The lowest BCUT2D eigenvalue weighted by Gasteiger charge is -2.23. The first-order valence-electron chi connectivity index (χ1n) is 15.2. The van der Waals surface area contributed by atoms with Crippen molar-refractivity contribution in [3.63, 3.8) is 0 Å². The van der Waals surface area contributed by atoms with E-state index in [1.54, 1.807) is 18.2 Å². The lowest BCUT2D eigenvalue weighted by molar-refractivity contribution is 0.189. The van der Waals surface area contributed by atoms with E-state index in [0.29, 0.717) is 18.2 Å². The Morgan fingerprint density at radius 3 is 2.33 bits per heavy atom. The van der Waals surface area contributed by atoms with Crippen LogP contribution in [0.3, 0.4) is 0 Å². The van der Waals surface area contributed by atoms with E-state index >= 15 is 0 Å². The van der Waals surface area contributed by atoms with E-state index < -0.39 is 40.2 Å². The normalized spacial score (nSPS) is 12.1. The average molecular weight is 758 g/mol. The summed E-state index contributed by atoms with van der Waals surface area (Å²) in [6, 6.07) is 16.0. The standard InChI is InChI=1S/C34H28Cl2F2N6O6S/c1-42-30-27(11-10-24(36)29(30)32(41-42)43(51(48)49)13-12-18-6-8-22(50-2)9-7-18)44-31(39-25-5-3-4-23(35)28(25)33(44)45)26(40-34(46)47)16-19-14-20(37)17-21(38)15-19/h3-11,14-15,17,26,40,51H,12-13,16H2,1-2H3,(H,46,47)/t26-/m0/s1. The summed E-state index contributed by atoms with van der Waals surface area (Å²) in [5, 5.41) is 17.0. The van der Waals surface area contributed by atoms with Gasteiger partial charge >= 0.3 is 6.09 Å². The Morgan fingerprint density at radius 1 is 1.00 bits per heavy atom. The quantitative estimate of drug-likeness (QED) is 0.137. The largest absolute Gasteiger partial charge is 0.497 e. The van der Waals surface area contributed by atoms with Crippen molar-refractivity contribution in [1.29, 1.82) is 0 Å². The molecule has 0 bridgehead atoms. The number of aromatic nitrogens is 4. The second kappa shape index (κ2) is 14.5. The molecule has 1 amide bonds. The van der Waals surface area contributed by atoms with Crippen LogP contribution in [-0.2, 0) is 30.8 Å². The van der Waals surface area contributed by atoms with Crippen LogP contribution < -0.4 is 19.9 Å². The monoisotopic (exact) mass is 756 g/mol. The molecule has 0 radical (unpaired) electrons. The van der Waals surface area contributed by atoms with Gasteiger partial charge in [0, 0.05) is 26.1 Å². The molecule has 12 nitrogen and oxygen atoms in total. The second-order valence-electron chi connectivity index (χ2n) is 11.4. The van der Waals surface area contributed by atoms with Crippen molar-refractivity contribution < 1.29 is 31.8 Å². The van der Waals surface area contributed by atoms with Crippen molar-refractivity contribution in [2.75, 3.05) is 18.0 Å². The van der Waals surface area contributed by atoms with E-state index in [4.69, 9.17) is 27.9 Å². The van der Waals surface area contributed by atoms with Crippen molar-refractivity contribution >= 4 is 67.8 Å². The van der Waals surface area contributed by atoms with Crippen LogP contribution in [-0.4, -0.2) is 52.6 Å². The highest BCUT2D eigenvalue weighted by Gasteiger charge is 2.28. The van der Waals surface area contributed by atoms with Gasteiger partial charge in [-0.3, -0.25) is 18.3 Å². The first-order valence-corrected chi connectivity index (χ1v) is 17.1. The van der Waals surface area contributed by atoms with Crippen LogP contribution in [0.25, 0.3) is 27.5 Å². The number of methoxy groups -OCH3 is 1. The molecular weight excluding hydrogens is 729 g/mol. The highest BCUT2D eigenvalue weighted by molar-refractivity contribution is 7.74. The molecule has 2 heterocycles. The third kappa shape index (κ3) is 7.18. The number of halogens is 4. The molecular formula is C34H28Cl2F2N6O6S. The van der Waals surface area contributed by atoms with Gasteiger partial charge in [0.25, 0.3) is 5.56 Å². The maximum atomic E-state index is 14.5. The number of nitrogens with zero attached hydrogens (tertiary/aromatic N) is 5. The molecule has 0 aliphatic carbocycles. The number of anilines is 1. The molecule has 2 N–H and O–H groups in total. The van der Waals surface area contributed by atoms with Crippen LogP contribution in [0.5, 0.6) is 5.75 Å². The Morgan fingerprint density at radius 2 is 1.69 bits per heavy atom. The Bertz CT molecular complexity index is 2430. The minimum absolute atomic E-state index is 0.00281. The molecule has 0 spiro atoms. The highest BCUT2D eigenvalue weighted by Crippen LogP contribution is 2.37. The number of carbonyl (C=O) groups is 1. The molecule has 0 aliphatic heterocycles. The maximum Gasteiger partial charge on any atom is 0.405 e. The van der Waals surface area contributed by atoms with E-state index in [1.165, 1.54) is 43.1 Å². The number of ether oxygens (including phenoxy) is 1. The van der Waals surface area contributed by atoms with Crippen molar-refractivity contribution in [1.82, 2.24) is 24.6 Å². The van der Waals surface area contributed by atoms with E-state index in [9.17, 15) is 31.9 Å². The summed E-state index contributed by atoms with van der Waals surface area (Å²) in [4.78, 5) is 31.2. The highest BCUT2D eigenvalue weighted by atomic mass is 35.5. The third-order valence-corrected chi connectivity index (χ3v) is 9.61. The smallest absolute Gasteiger partial charge is 0.405 e. The first-order chi connectivity index (χ1) is 24.4. The summed E-state index contributed by atoms with van der Waals surface area (Å²) in [7, 11) is -0.171. The van der Waals surface area contributed by atoms with Gasteiger partial charge in [0.2, 0.25) is 10.9 Å². The Balaban J connectivity index is 1.57. The summed E-state index contributed by atoms with van der Waals surface area (Å²) >= 11 is 13.2. The summed E-state index contributed by atoms with van der Waals surface area (Å²) in [6.07, 6.45) is -1.51. The zero-order valence-corrected chi connectivity index (χ0v) is 29.2. The molecule has 4 aromatic carbocycles. The Hall–Kier alpha value is -5.25. The molecule has 0 saturated heterocycles. The fourth-order valence-corrected chi connectivity index (χ4v) is 7.03. The number of thiol groups is 1. The molecule has 0 unspecified atom stereocenters. The van der Waals surface area contributed by atoms with E-state index in [-0.39, 0.29) is 67.7 Å². The number of benzene rings is 4. The number of carboxylic acid groups (broad SMARTS) is 1. The lowest BCUT2D eigenvalue weighted by Crippen LogP contribution is -2.35. The van der Waals surface area contributed by atoms with Crippen LogP contribution in [0.15, 0.2) is 77.6 Å². The van der Waals surface area contributed by atoms with Crippen LogP contribution in [0.1, 0.15) is 23.0 Å². The van der Waals surface area contributed by atoms with E-state index in [2.05, 4.69) is 15.4 Å². The molecule has 51 heavy (non-hydrogen) atoms. The summed E-state index contributed by atoms with van der Waals surface area (Å²) in [5.74, 6) is -1.29. The number of aryl methyl sites for hydroxylation is 1. The van der Waals surface area contributed by atoms with Crippen LogP contribution in [0.4, 0.5) is 19.4 Å². The van der Waals surface area contributed by atoms with Crippen LogP contribution in [0.2, 0.25) is 10.0 Å². The number of hydrogen-bond donors (Lipinski definition) is 3. The summed E-state index contributed by atoms with van der Waals surface area (Å²) in [6.45, 7) is -0.00909. The topological polar surface area (TPSA) is 149 Å². The van der Waals surface area contributed by atoms with Gasteiger partial charge in [-0.1, -0.05) is 41.4 Å². The molecule has 264 valence electrons. The van der Waals surface area contributed by atoms with Gasteiger partial charge in [-0.25, -0.2) is 27.0 Å². The first kappa shape index (κ1) is 35.6. The van der Waals surface area contributed by atoms with Crippen LogP contribution in [0, 0.1) is 11.6 Å². The SMILES string of the molecule is COc1ccc(CCN(c2nn(C)c3c(-n4c([C@H](Cc5cc(F)cc(F)c5)NC(=O)O)nc5cccc(Cl)c5c4=O)ccc(Cl)c23)[SH](=O)=O)cc1. The number of amides is 1. The number of fused-ring (bicyclic) bond motifs is 2. The number of rotatable bonds is 11. The predicted octanol–water partition coefficient (Wildman–Crippen LogP) is 5.99. The predicted molar refractivity (Wildman–Crippen MR) is 190 cm³/mol. The number of nitrogens with one attached hydrogen (secondary N) is 1. The Labute approximate surface area is 300 Å². The minimum atomic E-state index is -3.24. The van der Waals surface area contributed by atoms with Crippen molar-refractivity contribution in [3.05, 3.63) is 122 Å². The Kier molecular flexibility index (Phi) is 10.1. The molecule has 0 aliphatic rings. The van der Waals surface area contributed by atoms with Crippen molar-refractivity contribution in [2.24, 2.45) is 7.05 Å². The van der Waals surface area contributed by atoms with Crippen molar-refractivity contribution in [2.45, 2.75) is 18.9 Å². The van der Waals surface area contributed by atoms with Gasteiger partial charge in [0.15, 0.2) is 5.82 Å². The fourth-order valence-electron chi connectivity index (χ4n) is 5.99. The molecule has 2 aromatic heterocycles. The molecule has 6 aromatic rings. The minimum Gasteiger partial charge on any atom is -0.497 e. The number of hydrogen-bond acceptors (Lipinski definition) is 7. The molecule has 6 rings (SSSR count). The van der Waals surface area contributed by atoms with Gasteiger partial charge in [0.1, 0.15) is 23.2 Å². The van der Waals surface area contributed by atoms with Gasteiger partial charge < -0.3 is 15.2 Å². The lowest BCUT2D eigenvalue weighted by atomic mass is 10.0. The third-order valence-electron chi connectivity index (χ3n) is 8.20. The second-order valence-corrected chi connectivity index (χ2v) is 13.2. The van der Waals surface area contributed by atoms with E-state index in [1.807, 2.05) is 12.1 Å². The van der Waals surface area contributed by atoms with Gasteiger partial charge in [-0.2, -0.15) is 5.10 Å². The molecule has 0 fully saturated rings.